The molecule has 0 saturated heterocycles. The van der Waals surface area contributed by atoms with Crippen LogP contribution in [-0.4, -0.2) is 24.6 Å². The summed E-state index contributed by atoms with van der Waals surface area (Å²) < 4.78 is 6.89. The van der Waals surface area contributed by atoms with Crippen molar-refractivity contribution in [1.82, 2.24) is 4.57 Å². The largest absolute Gasteiger partial charge is 0.383 e. The molecule has 0 bridgehead atoms. The molecular formula is C9H13NO2. The van der Waals surface area contributed by atoms with E-state index in [0.29, 0.717) is 12.3 Å². The zero-order chi connectivity index (χ0) is 8.97. The topological polar surface area (TPSA) is 31.2 Å². The Balaban J connectivity index is 2.78. The number of hydrogen-bond donors (Lipinski definition) is 0. The van der Waals surface area contributed by atoms with Gasteiger partial charge in [-0.2, -0.15) is 0 Å². The van der Waals surface area contributed by atoms with Gasteiger partial charge in [-0.25, -0.2) is 0 Å². The van der Waals surface area contributed by atoms with Gasteiger partial charge in [-0.05, 0) is 19.1 Å². The minimum Gasteiger partial charge on any atom is -0.383 e. The van der Waals surface area contributed by atoms with Crippen molar-refractivity contribution in [3.8, 4) is 0 Å². The minimum atomic E-state index is 0.213. The molecule has 66 valence electrons. The molecule has 1 aromatic heterocycles. The highest BCUT2D eigenvalue weighted by molar-refractivity contribution is 5.72. The van der Waals surface area contributed by atoms with Crippen molar-refractivity contribution < 1.29 is 9.53 Å². The molecule has 0 saturated carbocycles. The Hall–Kier alpha value is -1.09. The van der Waals surface area contributed by atoms with E-state index in [1.165, 1.54) is 0 Å². The van der Waals surface area contributed by atoms with E-state index in [-0.39, 0.29) is 6.04 Å². The van der Waals surface area contributed by atoms with Crippen molar-refractivity contribution in [1.29, 1.82) is 0 Å². The van der Waals surface area contributed by atoms with Gasteiger partial charge >= 0.3 is 0 Å². The number of aldehydes is 1. The van der Waals surface area contributed by atoms with Crippen LogP contribution in [0.25, 0.3) is 0 Å². The lowest BCUT2D eigenvalue weighted by Crippen LogP contribution is -2.12. The van der Waals surface area contributed by atoms with Crippen LogP contribution in [0.1, 0.15) is 23.5 Å². The van der Waals surface area contributed by atoms with E-state index in [2.05, 4.69) is 0 Å². The van der Waals surface area contributed by atoms with Crippen molar-refractivity contribution in [2.75, 3.05) is 13.7 Å². The second kappa shape index (κ2) is 4.07. The van der Waals surface area contributed by atoms with Crippen LogP contribution in [0.4, 0.5) is 0 Å². The number of carbonyl (C=O) groups is 1. The van der Waals surface area contributed by atoms with Crippen LogP contribution in [0, 0.1) is 0 Å². The first-order valence-electron chi connectivity index (χ1n) is 3.90. The van der Waals surface area contributed by atoms with Gasteiger partial charge < -0.3 is 9.30 Å². The summed E-state index contributed by atoms with van der Waals surface area (Å²) in [6, 6.07) is 3.86. The smallest absolute Gasteiger partial charge is 0.166 e. The van der Waals surface area contributed by atoms with Gasteiger partial charge in [0.25, 0.3) is 0 Å². The van der Waals surface area contributed by atoms with Crippen LogP contribution in [0.2, 0.25) is 0 Å². The Kier molecular flexibility index (Phi) is 3.05. The Morgan fingerprint density at radius 3 is 3.08 bits per heavy atom. The van der Waals surface area contributed by atoms with Crippen molar-refractivity contribution in [2.24, 2.45) is 0 Å². The van der Waals surface area contributed by atoms with Gasteiger partial charge in [0, 0.05) is 13.3 Å². The first kappa shape index (κ1) is 9.00. The van der Waals surface area contributed by atoms with E-state index in [1.807, 2.05) is 23.8 Å². The number of rotatable bonds is 4. The summed E-state index contributed by atoms with van der Waals surface area (Å²) in [7, 11) is 1.65. The molecule has 0 amide bonds. The van der Waals surface area contributed by atoms with Crippen LogP contribution >= 0.6 is 0 Å². The van der Waals surface area contributed by atoms with Gasteiger partial charge in [0.2, 0.25) is 0 Å². The molecule has 1 atom stereocenters. The zero-order valence-electron chi connectivity index (χ0n) is 7.36. The Morgan fingerprint density at radius 1 is 1.75 bits per heavy atom. The Bertz CT molecular complexity index is 255. The number of methoxy groups -OCH3 is 1. The summed E-state index contributed by atoms with van der Waals surface area (Å²) in [5.74, 6) is 0. The molecule has 0 radical (unpaired) electrons. The normalized spacial score (nSPS) is 12.8. The predicted octanol–water partition coefficient (Wildman–Crippen LogP) is 1.51. The first-order valence-corrected chi connectivity index (χ1v) is 3.90. The minimum absolute atomic E-state index is 0.213. The van der Waals surface area contributed by atoms with Crippen molar-refractivity contribution in [2.45, 2.75) is 13.0 Å². The summed E-state index contributed by atoms with van der Waals surface area (Å²) in [6.45, 7) is 2.63. The fraction of sp³-hybridized carbons (Fsp3) is 0.444. The Labute approximate surface area is 72.0 Å². The molecule has 1 rings (SSSR count). The highest BCUT2D eigenvalue weighted by Crippen LogP contribution is 2.09. The van der Waals surface area contributed by atoms with Crippen LogP contribution < -0.4 is 0 Å². The average Bonchev–Trinajstić information content (AvgIpc) is 2.51. The lowest BCUT2D eigenvalue weighted by molar-refractivity contribution is 0.110. The number of hydrogen-bond acceptors (Lipinski definition) is 2. The molecule has 1 heterocycles. The molecule has 12 heavy (non-hydrogen) atoms. The lowest BCUT2D eigenvalue weighted by Gasteiger charge is -2.13. The molecule has 0 aliphatic rings. The third kappa shape index (κ3) is 1.74. The standard InChI is InChI=1S/C9H13NO2/c1-8(7-12-2)10-5-3-4-9(10)6-11/h3-6,8H,7H2,1-2H3. The van der Waals surface area contributed by atoms with Crippen molar-refractivity contribution in [3.63, 3.8) is 0 Å². The lowest BCUT2D eigenvalue weighted by atomic mass is 10.3. The zero-order valence-corrected chi connectivity index (χ0v) is 7.36. The summed E-state index contributed by atoms with van der Waals surface area (Å²) >= 11 is 0. The molecule has 1 aromatic rings. The van der Waals surface area contributed by atoms with Gasteiger partial charge in [0.05, 0.1) is 18.3 Å². The number of carbonyl (C=O) groups excluding carboxylic acids is 1. The second-order valence-electron chi connectivity index (χ2n) is 2.76. The molecule has 0 aliphatic heterocycles. The van der Waals surface area contributed by atoms with Gasteiger partial charge in [-0.15, -0.1) is 0 Å². The maximum atomic E-state index is 10.5. The summed E-state index contributed by atoms with van der Waals surface area (Å²) in [5, 5.41) is 0. The van der Waals surface area contributed by atoms with Crippen LogP contribution in [0.3, 0.4) is 0 Å². The SMILES string of the molecule is COCC(C)n1cccc1C=O. The Morgan fingerprint density at radius 2 is 2.50 bits per heavy atom. The third-order valence-corrected chi connectivity index (χ3v) is 1.82. The third-order valence-electron chi connectivity index (χ3n) is 1.82. The summed E-state index contributed by atoms with van der Waals surface area (Å²) in [6.07, 6.45) is 2.74. The fourth-order valence-corrected chi connectivity index (χ4v) is 1.23. The molecule has 1 unspecified atom stereocenters. The van der Waals surface area contributed by atoms with Crippen LogP contribution in [0.5, 0.6) is 0 Å². The van der Waals surface area contributed by atoms with Gasteiger partial charge in [-0.3, -0.25) is 4.79 Å². The van der Waals surface area contributed by atoms with E-state index < -0.39 is 0 Å². The van der Waals surface area contributed by atoms with E-state index in [1.54, 1.807) is 13.2 Å². The van der Waals surface area contributed by atoms with Gasteiger partial charge in [-0.1, -0.05) is 0 Å². The van der Waals surface area contributed by atoms with Crippen molar-refractivity contribution in [3.05, 3.63) is 24.0 Å². The maximum Gasteiger partial charge on any atom is 0.166 e. The second-order valence-corrected chi connectivity index (χ2v) is 2.76. The molecule has 0 aliphatic carbocycles. The average molecular weight is 167 g/mol. The van der Waals surface area contributed by atoms with Crippen LogP contribution in [-0.2, 0) is 4.74 Å². The van der Waals surface area contributed by atoms with Crippen LogP contribution in [0.15, 0.2) is 18.3 Å². The summed E-state index contributed by atoms with van der Waals surface area (Å²) in [5.41, 5.74) is 0.694. The van der Waals surface area contributed by atoms with Gasteiger partial charge in [0.1, 0.15) is 0 Å². The molecule has 3 nitrogen and oxygen atoms in total. The van der Waals surface area contributed by atoms with E-state index in [0.717, 1.165) is 6.29 Å². The molecule has 0 spiro atoms. The quantitative estimate of drug-likeness (QED) is 0.636. The number of nitrogens with zero attached hydrogens (tertiary/aromatic N) is 1. The monoisotopic (exact) mass is 167 g/mol. The van der Waals surface area contributed by atoms with Crippen molar-refractivity contribution >= 4 is 6.29 Å². The van der Waals surface area contributed by atoms with E-state index in [4.69, 9.17) is 4.74 Å². The molecule has 3 heteroatoms. The molecule has 0 N–H and O–H groups in total. The maximum absolute atomic E-state index is 10.5. The number of aromatic nitrogens is 1. The predicted molar refractivity (Wildman–Crippen MR) is 46.4 cm³/mol. The number of ether oxygens (including phenoxy) is 1. The first-order chi connectivity index (χ1) is 5.79. The molecule has 0 fully saturated rings. The fourth-order valence-electron chi connectivity index (χ4n) is 1.23. The van der Waals surface area contributed by atoms with E-state index >= 15 is 0 Å². The molecule has 0 aromatic carbocycles. The summed E-state index contributed by atoms with van der Waals surface area (Å²) in [4.78, 5) is 10.5. The van der Waals surface area contributed by atoms with Gasteiger partial charge in [0.15, 0.2) is 6.29 Å². The molecular weight excluding hydrogens is 154 g/mol. The highest BCUT2D eigenvalue weighted by Gasteiger charge is 2.06. The van der Waals surface area contributed by atoms with E-state index in [9.17, 15) is 4.79 Å². The highest BCUT2D eigenvalue weighted by atomic mass is 16.5.